The fourth-order valence-corrected chi connectivity index (χ4v) is 7.87. The first-order valence-electron chi connectivity index (χ1n) is 17.0. The molecule has 3 aromatic rings. The summed E-state index contributed by atoms with van der Waals surface area (Å²) in [5, 5.41) is 0. The lowest BCUT2D eigenvalue weighted by Crippen LogP contribution is -3.15. The number of aromatic nitrogens is 2. The summed E-state index contributed by atoms with van der Waals surface area (Å²) in [7, 11) is 0. The molecule has 7 heteroatoms. The van der Waals surface area contributed by atoms with Crippen LogP contribution in [0, 0.1) is 11.3 Å². The molecule has 2 aromatic heterocycles. The van der Waals surface area contributed by atoms with Crippen molar-refractivity contribution in [1.82, 2.24) is 9.97 Å². The molecule has 0 radical (unpaired) electrons. The third-order valence-electron chi connectivity index (χ3n) is 10.7. The highest BCUT2D eigenvalue weighted by Gasteiger charge is 2.43. The maximum absolute atomic E-state index is 13.9. The van der Waals surface area contributed by atoms with Crippen molar-refractivity contribution in [3.05, 3.63) is 92.7 Å². The van der Waals surface area contributed by atoms with E-state index < -0.39 is 0 Å². The summed E-state index contributed by atoms with van der Waals surface area (Å²) in [6, 6.07) is 14.9. The second-order valence-electron chi connectivity index (χ2n) is 14.7. The Morgan fingerprint density at radius 1 is 1.13 bits per heavy atom. The number of H-pyrrole nitrogens is 1. The Hall–Kier alpha value is -3.68. The number of hydrogen-bond acceptors (Lipinski definition) is 5. The molecule has 4 aliphatic rings. The van der Waals surface area contributed by atoms with Gasteiger partial charge in [0.1, 0.15) is 25.0 Å². The van der Waals surface area contributed by atoms with Gasteiger partial charge in [-0.25, -0.2) is 0 Å². The number of nitrogens with one attached hydrogen (secondary N) is 2. The minimum atomic E-state index is -0.102. The summed E-state index contributed by atoms with van der Waals surface area (Å²) in [5.41, 5.74) is 9.20. The van der Waals surface area contributed by atoms with Crippen molar-refractivity contribution < 1.29 is 19.2 Å². The molecule has 3 unspecified atom stereocenters. The van der Waals surface area contributed by atoms with Crippen LogP contribution in [0.4, 0.5) is 0 Å². The van der Waals surface area contributed by atoms with Crippen LogP contribution >= 0.6 is 0 Å². The fourth-order valence-electron chi connectivity index (χ4n) is 7.87. The number of nitrogens with zero attached hydrogens (tertiary/aromatic N) is 1. The number of Topliss-reactive ketones (excluding diaryl/α,β-unsaturated/α-hetero) is 1. The van der Waals surface area contributed by atoms with Gasteiger partial charge in [-0.2, -0.15) is 0 Å². The van der Waals surface area contributed by atoms with Crippen LogP contribution in [-0.4, -0.2) is 53.9 Å². The molecule has 7 rings (SSSR count). The smallest absolute Gasteiger partial charge is 0.247 e. The molecule has 0 saturated carbocycles. The van der Waals surface area contributed by atoms with Crippen LogP contribution in [0.5, 0.6) is 0 Å². The van der Waals surface area contributed by atoms with E-state index in [0.717, 1.165) is 73.2 Å². The second kappa shape index (κ2) is 13.6. The van der Waals surface area contributed by atoms with Gasteiger partial charge in [0.05, 0.1) is 18.8 Å². The van der Waals surface area contributed by atoms with Crippen LogP contribution in [0.15, 0.2) is 59.0 Å². The van der Waals surface area contributed by atoms with E-state index in [-0.39, 0.29) is 17.3 Å². The average molecular weight is 623 g/mol. The molecule has 2 aliphatic carbocycles. The van der Waals surface area contributed by atoms with Crippen LogP contribution in [0.1, 0.15) is 87.4 Å². The number of benzene rings is 1. The summed E-state index contributed by atoms with van der Waals surface area (Å²) in [5.74, 6) is 1.07. The molecule has 242 valence electrons. The largest absolute Gasteiger partial charge is 0.366 e. The number of fused-ring (bicyclic) bond motifs is 4. The minimum Gasteiger partial charge on any atom is -0.366 e. The van der Waals surface area contributed by atoms with Gasteiger partial charge in [0.2, 0.25) is 5.56 Å². The van der Waals surface area contributed by atoms with Gasteiger partial charge < -0.3 is 19.4 Å². The Bertz CT molecular complexity index is 1650. The SMILES string of the molecule is CC(C)(C)[C@H]1CCc2nc3c(cc2C1)C=C(C(=O)C[C@H](CC[NH+]1CC2CC1CO2)c1ccc(-c2ccc(=O)[nH]c2)cc1)C3.CC=O. The summed E-state index contributed by atoms with van der Waals surface area (Å²) in [6.45, 7) is 11.5. The molecule has 7 nitrogen and oxygen atoms in total. The summed E-state index contributed by atoms with van der Waals surface area (Å²) in [4.78, 5) is 43.7. The molecular formula is C39H48N3O4+. The molecule has 46 heavy (non-hydrogen) atoms. The lowest BCUT2D eigenvalue weighted by Gasteiger charge is -2.34. The van der Waals surface area contributed by atoms with E-state index in [1.807, 2.05) is 6.07 Å². The number of likely N-dealkylation sites (tertiary alicyclic amines) is 1. The number of ether oxygens (including phenoxy) is 1. The normalized spacial score (nSPS) is 23.5. The number of ketones is 1. The molecule has 0 amide bonds. The van der Waals surface area contributed by atoms with Crippen LogP contribution in [0.2, 0.25) is 0 Å². The van der Waals surface area contributed by atoms with Gasteiger partial charge in [0, 0.05) is 49.2 Å². The zero-order valence-corrected chi connectivity index (χ0v) is 27.7. The molecule has 2 N–H and O–H groups in total. The second-order valence-corrected chi connectivity index (χ2v) is 14.7. The van der Waals surface area contributed by atoms with Crippen LogP contribution < -0.4 is 10.5 Å². The van der Waals surface area contributed by atoms with Gasteiger partial charge >= 0.3 is 0 Å². The Balaban J connectivity index is 0.00000119. The lowest BCUT2D eigenvalue weighted by molar-refractivity contribution is -0.919. The van der Waals surface area contributed by atoms with Crippen molar-refractivity contribution in [3.8, 4) is 11.1 Å². The topological polar surface area (TPSA) is 93.6 Å². The number of quaternary nitrogens is 1. The third-order valence-corrected chi connectivity index (χ3v) is 10.7. The van der Waals surface area contributed by atoms with Gasteiger partial charge in [-0.1, -0.05) is 45.0 Å². The summed E-state index contributed by atoms with van der Waals surface area (Å²) in [6.07, 6.45) is 11.7. The van der Waals surface area contributed by atoms with Gasteiger partial charge in [0.15, 0.2) is 5.78 Å². The minimum absolute atomic E-state index is 0.102. The highest BCUT2D eigenvalue weighted by molar-refractivity contribution is 6.02. The quantitative estimate of drug-likeness (QED) is 0.348. The van der Waals surface area contributed by atoms with E-state index in [2.05, 4.69) is 62.2 Å². The molecular weight excluding hydrogens is 574 g/mol. The number of aryl methyl sites for hydroxylation is 1. The monoisotopic (exact) mass is 622 g/mol. The molecule has 4 heterocycles. The highest BCUT2D eigenvalue weighted by atomic mass is 16.5. The summed E-state index contributed by atoms with van der Waals surface area (Å²) >= 11 is 0. The average Bonchev–Trinajstić information content (AvgIpc) is 3.78. The molecule has 2 bridgehead atoms. The number of allylic oxidation sites excluding steroid dienone is 1. The molecule has 2 fully saturated rings. The van der Waals surface area contributed by atoms with Crippen LogP contribution in [0.25, 0.3) is 17.2 Å². The molecule has 2 saturated heterocycles. The number of carbonyl (C=O) groups excluding carboxylic acids is 2. The van der Waals surface area contributed by atoms with E-state index in [4.69, 9.17) is 14.5 Å². The predicted octanol–water partition coefficient (Wildman–Crippen LogP) is 4.92. The van der Waals surface area contributed by atoms with E-state index in [1.54, 1.807) is 17.2 Å². The maximum Gasteiger partial charge on any atom is 0.247 e. The van der Waals surface area contributed by atoms with E-state index in [1.165, 1.54) is 36.6 Å². The van der Waals surface area contributed by atoms with Gasteiger partial charge in [-0.3, -0.25) is 14.6 Å². The lowest BCUT2D eigenvalue weighted by atomic mass is 9.71. The number of hydrogen-bond donors (Lipinski definition) is 2. The Morgan fingerprint density at radius 2 is 1.89 bits per heavy atom. The Labute approximate surface area is 272 Å². The summed E-state index contributed by atoms with van der Waals surface area (Å²) < 4.78 is 5.85. The van der Waals surface area contributed by atoms with Gasteiger partial charge in [0.25, 0.3) is 0 Å². The van der Waals surface area contributed by atoms with Crippen LogP contribution in [-0.2, 0) is 33.6 Å². The zero-order chi connectivity index (χ0) is 32.4. The number of carbonyl (C=O) groups is 2. The van der Waals surface area contributed by atoms with Crippen molar-refractivity contribution in [2.45, 2.75) is 90.7 Å². The van der Waals surface area contributed by atoms with E-state index >= 15 is 0 Å². The highest BCUT2D eigenvalue weighted by Crippen LogP contribution is 2.39. The predicted molar refractivity (Wildman–Crippen MR) is 181 cm³/mol. The number of aromatic amines is 1. The fraction of sp³-hybridized carbons (Fsp3) is 0.487. The number of rotatable bonds is 8. The van der Waals surface area contributed by atoms with Crippen molar-refractivity contribution in [2.75, 3.05) is 19.7 Å². The Morgan fingerprint density at radius 3 is 2.54 bits per heavy atom. The first kappa shape index (κ1) is 32.3. The molecule has 0 spiro atoms. The van der Waals surface area contributed by atoms with Gasteiger partial charge in [-0.05, 0) is 89.5 Å². The van der Waals surface area contributed by atoms with Crippen LogP contribution in [0.3, 0.4) is 0 Å². The standard InChI is InChI=1S/C37H43N3O3.C2H4O/c1-37(2,3)30-9-10-33-28(16-30)14-27-15-29(17-34(27)39-33)35(41)18-25(12-13-40-21-32-19-31(40)22-43-32)23-4-6-24(7-5-23)26-8-11-36(42)38-20-26;1-2-3/h4-8,11,14-15,20,25,30-32H,9-10,12-13,16-19,21-22H2,1-3H3,(H,38,42);2H,1H3/p+1/t25-,30-,31?,32?;/m0./s1. The number of morpholine rings is 1. The Kier molecular flexibility index (Phi) is 9.53. The third kappa shape index (κ3) is 7.16. The van der Waals surface area contributed by atoms with Crippen molar-refractivity contribution in [3.63, 3.8) is 0 Å². The van der Waals surface area contributed by atoms with Crippen molar-refractivity contribution in [2.24, 2.45) is 11.3 Å². The van der Waals surface area contributed by atoms with Crippen molar-refractivity contribution >= 4 is 18.1 Å². The number of aldehydes is 1. The van der Waals surface area contributed by atoms with Gasteiger partial charge in [-0.15, -0.1) is 0 Å². The maximum atomic E-state index is 13.9. The van der Waals surface area contributed by atoms with Crippen molar-refractivity contribution in [1.29, 1.82) is 0 Å². The molecule has 1 aromatic carbocycles. The first-order valence-corrected chi connectivity index (χ1v) is 17.0. The van der Waals surface area contributed by atoms with E-state index in [0.29, 0.717) is 36.3 Å². The van der Waals surface area contributed by atoms with E-state index in [9.17, 15) is 9.59 Å². The number of pyridine rings is 2. The molecule has 2 aliphatic heterocycles. The molecule has 5 atom stereocenters. The first-order chi connectivity index (χ1) is 22.1. The zero-order valence-electron chi connectivity index (χ0n) is 27.7.